The lowest BCUT2D eigenvalue weighted by Gasteiger charge is -2.20. The second kappa shape index (κ2) is 5.94. The van der Waals surface area contributed by atoms with Gasteiger partial charge in [-0.1, -0.05) is 35.8 Å². The van der Waals surface area contributed by atoms with E-state index in [4.69, 9.17) is 0 Å². The average Bonchev–Trinajstić information content (AvgIpc) is 2.82. The summed E-state index contributed by atoms with van der Waals surface area (Å²) in [6, 6.07) is 5.42. The van der Waals surface area contributed by atoms with E-state index in [9.17, 15) is 8.42 Å². The molecule has 0 fully saturated rings. The Morgan fingerprint density at radius 1 is 1.26 bits per heavy atom. The Balaban J connectivity index is 2.24. The van der Waals surface area contributed by atoms with Gasteiger partial charge in [0.15, 0.2) is 0 Å². The highest BCUT2D eigenvalue weighted by Gasteiger charge is 2.23. The zero-order valence-corrected chi connectivity index (χ0v) is 13.7. The number of hydrogen-bond acceptors (Lipinski definition) is 2. The number of nitrogens with one attached hydrogen (secondary N) is 1. The summed E-state index contributed by atoms with van der Waals surface area (Å²) in [6.45, 7) is 4.02. The van der Waals surface area contributed by atoms with Crippen LogP contribution in [0.3, 0.4) is 0 Å². The molecule has 1 aromatic carbocycles. The van der Waals surface area contributed by atoms with Crippen LogP contribution in [0.5, 0.6) is 0 Å². The summed E-state index contributed by atoms with van der Waals surface area (Å²) in [6.07, 6.45) is 3.19. The van der Waals surface area contributed by atoms with Gasteiger partial charge in [-0.15, -0.1) is 0 Å². The molecule has 0 saturated heterocycles. The molecule has 1 atom stereocenters. The molecule has 0 aliphatic heterocycles. The number of aryl methyl sites for hydroxylation is 2. The first-order valence-corrected chi connectivity index (χ1v) is 9.24. The van der Waals surface area contributed by atoms with Gasteiger partial charge in [-0.05, 0) is 48.4 Å². The van der Waals surface area contributed by atoms with E-state index in [-0.39, 0.29) is 12.0 Å². The third-order valence-electron chi connectivity index (χ3n) is 3.66. The second-order valence-corrected chi connectivity index (χ2v) is 7.77. The monoisotopic (exact) mass is 345 g/mol. The number of benzene rings is 1. The molecule has 0 bridgehead atoms. The lowest BCUT2D eigenvalue weighted by atomic mass is 10.1. The Kier molecular flexibility index (Phi) is 4.69. The predicted octanol–water partition coefficient (Wildman–Crippen LogP) is 2.87. The maximum Gasteiger partial charge on any atom is 0.240 e. The third kappa shape index (κ3) is 3.38. The maximum atomic E-state index is 12.4. The molecule has 1 aliphatic carbocycles. The zero-order chi connectivity index (χ0) is 14.0. The van der Waals surface area contributed by atoms with Gasteiger partial charge in [-0.25, -0.2) is 13.1 Å². The van der Waals surface area contributed by atoms with Crippen molar-refractivity contribution in [1.82, 2.24) is 4.72 Å². The summed E-state index contributed by atoms with van der Waals surface area (Å²) in [5.41, 5.74) is 2.47. The van der Waals surface area contributed by atoms with Crippen molar-refractivity contribution in [2.45, 2.75) is 44.0 Å². The Morgan fingerprint density at radius 3 is 2.58 bits per heavy atom. The normalized spacial score (nSPS) is 16.6. The van der Waals surface area contributed by atoms with Crippen molar-refractivity contribution in [3.05, 3.63) is 29.3 Å². The van der Waals surface area contributed by atoms with Gasteiger partial charge in [-0.3, -0.25) is 0 Å². The molecule has 5 heteroatoms. The average molecular weight is 346 g/mol. The van der Waals surface area contributed by atoms with Crippen LogP contribution in [-0.2, 0) is 22.9 Å². The first-order valence-electron chi connectivity index (χ1n) is 6.64. The minimum absolute atomic E-state index is 0.0849. The molecule has 0 aromatic heterocycles. The zero-order valence-electron chi connectivity index (χ0n) is 11.3. The van der Waals surface area contributed by atoms with Crippen LogP contribution in [0.4, 0.5) is 0 Å². The van der Waals surface area contributed by atoms with E-state index in [1.165, 1.54) is 11.1 Å². The molecule has 0 saturated carbocycles. The molecule has 0 heterocycles. The van der Waals surface area contributed by atoms with E-state index in [2.05, 4.69) is 20.7 Å². The summed E-state index contributed by atoms with van der Waals surface area (Å²) in [5, 5.41) is 0.620. The van der Waals surface area contributed by atoms with Gasteiger partial charge >= 0.3 is 0 Å². The molecule has 1 aromatic rings. The number of alkyl halides is 1. The third-order valence-corrected chi connectivity index (χ3v) is 5.84. The molecule has 19 heavy (non-hydrogen) atoms. The van der Waals surface area contributed by atoms with Crippen molar-refractivity contribution < 1.29 is 8.42 Å². The lowest BCUT2D eigenvalue weighted by Crippen LogP contribution is -2.39. The molecule has 1 unspecified atom stereocenters. The minimum atomic E-state index is -3.42. The van der Waals surface area contributed by atoms with Crippen LogP contribution in [0, 0.1) is 5.92 Å². The van der Waals surface area contributed by atoms with Crippen LogP contribution in [0.15, 0.2) is 23.1 Å². The second-order valence-electron chi connectivity index (χ2n) is 5.41. The van der Waals surface area contributed by atoms with Crippen molar-refractivity contribution in [3.8, 4) is 0 Å². The number of hydrogen-bond donors (Lipinski definition) is 1. The van der Waals surface area contributed by atoms with E-state index >= 15 is 0 Å². The first kappa shape index (κ1) is 15.0. The molecule has 0 radical (unpaired) electrons. The summed E-state index contributed by atoms with van der Waals surface area (Å²) < 4.78 is 27.5. The summed E-state index contributed by atoms with van der Waals surface area (Å²) in [4.78, 5) is 0.389. The molecule has 106 valence electrons. The van der Waals surface area contributed by atoms with Gasteiger partial charge in [0.05, 0.1) is 4.90 Å². The molecule has 0 amide bonds. The van der Waals surface area contributed by atoms with Crippen LogP contribution in [0.25, 0.3) is 0 Å². The topological polar surface area (TPSA) is 46.2 Å². The molecule has 2 rings (SSSR count). The Morgan fingerprint density at radius 2 is 1.95 bits per heavy atom. The molecular weight excluding hydrogens is 326 g/mol. The summed E-state index contributed by atoms with van der Waals surface area (Å²) in [7, 11) is -3.42. The standard InChI is InChI=1S/C14H20BrNO2S/c1-10(2)14(9-15)16-19(17,18)13-7-6-11-4-3-5-12(11)8-13/h6-8,10,14,16H,3-5,9H2,1-2H3. The van der Waals surface area contributed by atoms with Gasteiger partial charge in [0.2, 0.25) is 10.0 Å². The molecule has 0 spiro atoms. The fourth-order valence-electron chi connectivity index (χ4n) is 2.33. The predicted molar refractivity (Wildman–Crippen MR) is 81.2 cm³/mol. The van der Waals surface area contributed by atoms with Gasteiger partial charge in [0.25, 0.3) is 0 Å². The van der Waals surface area contributed by atoms with Crippen molar-refractivity contribution in [1.29, 1.82) is 0 Å². The fourth-order valence-corrected chi connectivity index (χ4v) is 4.89. The van der Waals surface area contributed by atoms with Crippen molar-refractivity contribution in [2.24, 2.45) is 5.92 Å². The van der Waals surface area contributed by atoms with Crippen LogP contribution >= 0.6 is 15.9 Å². The maximum absolute atomic E-state index is 12.4. The highest BCUT2D eigenvalue weighted by atomic mass is 79.9. The number of rotatable bonds is 5. The van der Waals surface area contributed by atoms with E-state index in [0.717, 1.165) is 19.3 Å². The highest BCUT2D eigenvalue weighted by molar-refractivity contribution is 9.09. The summed E-state index contributed by atoms with van der Waals surface area (Å²) >= 11 is 3.36. The molecule has 1 aliphatic rings. The van der Waals surface area contributed by atoms with E-state index < -0.39 is 10.0 Å². The van der Waals surface area contributed by atoms with Gasteiger partial charge < -0.3 is 0 Å². The van der Waals surface area contributed by atoms with Gasteiger partial charge in [0, 0.05) is 11.4 Å². The smallest absolute Gasteiger partial charge is 0.207 e. The van der Waals surface area contributed by atoms with E-state index in [1.807, 2.05) is 26.0 Å². The van der Waals surface area contributed by atoms with Crippen LogP contribution in [-0.4, -0.2) is 19.8 Å². The van der Waals surface area contributed by atoms with E-state index in [0.29, 0.717) is 10.2 Å². The largest absolute Gasteiger partial charge is 0.240 e. The van der Waals surface area contributed by atoms with Crippen molar-refractivity contribution >= 4 is 26.0 Å². The van der Waals surface area contributed by atoms with Crippen LogP contribution in [0.1, 0.15) is 31.4 Å². The Hall–Kier alpha value is -0.390. The molecule has 1 N–H and O–H groups in total. The number of sulfonamides is 1. The number of fused-ring (bicyclic) bond motifs is 1. The van der Waals surface area contributed by atoms with Crippen molar-refractivity contribution in [3.63, 3.8) is 0 Å². The quantitative estimate of drug-likeness (QED) is 0.834. The van der Waals surface area contributed by atoms with Crippen LogP contribution in [0.2, 0.25) is 0 Å². The van der Waals surface area contributed by atoms with Gasteiger partial charge in [0.1, 0.15) is 0 Å². The van der Waals surface area contributed by atoms with Crippen molar-refractivity contribution in [2.75, 3.05) is 5.33 Å². The first-order chi connectivity index (χ1) is 8.94. The summed E-state index contributed by atoms with van der Waals surface area (Å²) in [5.74, 6) is 0.253. The Labute approximate surface area is 124 Å². The SMILES string of the molecule is CC(C)C(CBr)NS(=O)(=O)c1ccc2c(c1)CCC2. The lowest BCUT2D eigenvalue weighted by molar-refractivity contribution is 0.484. The highest BCUT2D eigenvalue weighted by Crippen LogP contribution is 2.25. The Bertz CT molecular complexity index is 555. The van der Waals surface area contributed by atoms with Gasteiger partial charge in [-0.2, -0.15) is 0 Å². The molecule has 3 nitrogen and oxygen atoms in total. The molecular formula is C14H20BrNO2S. The fraction of sp³-hybridized carbons (Fsp3) is 0.571. The number of halogens is 1. The van der Waals surface area contributed by atoms with E-state index in [1.54, 1.807) is 6.07 Å². The van der Waals surface area contributed by atoms with Crippen LogP contribution < -0.4 is 4.72 Å². The minimum Gasteiger partial charge on any atom is -0.207 e.